The number of nitrogens with zero attached hydrogens (tertiary/aromatic N) is 4. The predicted molar refractivity (Wildman–Crippen MR) is 82.9 cm³/mol. The van der Waals surface area contributed by atoms with Gasteiger partial charge in [0.2, 0.25) is 0 Å². The quantitative estimate of drug-likeness (QED) is 0.786. The number of hydrogen-bond donors (Lipinski definition) is 1. The third kappa shape index (κ3) is 2.30. The Morgan fingerprint density at radius 1 is 1.10 bits per heavy atom. The molecule has 0 aliphatic heterocycles. The number of hydrogen-bond acceptors (Lipinski definition) is 7. The summed E-state index contributed by atoms with van der Waals surface area (Å²) in [6.45, 7) is 5.87. The van der Waals surface area contributed by atoms with Gasteiger partial charge in [-0.3, -0.25) is 0 Å². The Balaban J connectivity index is 2.04. The van der Waals surface area contributed by atoms with Gasteiger partial charge in [-0.25, -0.2) is 19.9 Å². The van der Waals surface area contributed by atoms with Crippen LogP contribution in [0.2, 0.25) is 0 Å². The van der Waals surface area contributed by atoms with Gasteiger partial charge in [-0.15, -0.1) is 22.7 Å². The largest absolute Gasteiger partial charge is 0.383 e. The van der Waals surface area contributed by atoms with Crippen LogP contribution >= 0.6 is 22.7 Å². The van der Waals surface area contributed by atoms with Crippen molar-refractivity contribution in [3.8, 4) is 22.0 Å². The highest BCUT2D eigenvalue weighted by Crippen LogP contribution is 2.33. The van der Waals surface area contributed by atoms with Crippen LogP contribution in [0.3, 0.4) is 0 Å². The molecule has 3 aromatic heterocycles. The van der Waals surface area contributed by atoms with Crippen LogP contribution in [0, 0.1) is 20.8 Å². The van der Waals surface area contributed by atoms with Crippen LogP contribution in [0.1, 0.15) is 15.7 Å². The molecule has 3 aromatic rings. The van der Waals surface area contributed by atoms with Crippen LogP contribution in [0.4, 0.5) is 5.82 Å². The lowest BCUT2D eigenvalue weighted by atomic mass is 10.3. The van der Waals surface area contributed by atoms with Gasteiger partial charge >= 0.3 is 0 Å². The summed E-state index contributed by atoms with van der Waals surface area (Å²) in [4.78, 5) is 18.7. The lowest BCUT2D eigenvalue weighted by Gasteiger charge is -2.00. The molecule has 0 saturated heterocycles. The Morgan fingerprint density at radius 2 is 1.90 bits per heavy atom. The molecule has 3 heterocycles. The monoisotopic (exact) mass is 303 g/mol. The van der Waals surface area contributed by atoms with Crippen molar-refractivity contribution < 1.29 is 0 Å². The van der Waals surface area contributed by atoms with Crippen LogP contribution < -0.4 is 5.73 Å². The van der Waals surface area contributed by atoms with Crippen molar-refractivity contribution in [3.05, 3.63) is 27.3 Å². The number of anilines is 1. The van der Waals surface area contributed by atoms with Gasteiger partial charge in [0, 0.05) is 16.5 Å². The van der Waals surface area contributed by atoms with Gasteiger partial charge in [0.15, 0.2) is 0 Å². The normalized spacial score (nSPS) is 10.9. The maximum Gasteiger partial charge on any atom is 0.137 e. The highest BCUT2D eigenvalue weighted by atomic mass is 32.1. The molecule has 5 nitrogen and oxygen atoms in total. The molecule has 3 rings (SSSR count). The highest BCUT2D eigenvalue weighted by molar-refractivity contribution is 7.13. The molecule has 0 aromatic carbocycles. The van der Waals surface area contributed by atoms with Crippen molar-refractivity contribution in [3.63, 3.8) is 0 Å². The first-order chi connectivity index (χ1) is 9.54. The zero-order valence-corrected chi connectivity index (χ0v) is 13.0. The zero-order valence-electron chi connectivity index (χ0n) is 11.3. The van der Waals surface area contributed by atoms with E-state index in [2.05, 4.69) is 26.9 Å². The molecule has 0 amide bonds. The van der Waals surface area contributed by atoms with Gasteiger partial charge in [0.1, 0.15) is 28.0 Å². The molecule has 0 fully saturated rings. The van der Waals surface area contributed by atoms with Crippen molar-refractivity contribution in [1.29, 1.82) is 0 Å². The maximum absolute atomic E-state index is 5.94. The summed E-state index contributed by atoms with van der Waals surface area (Å²) in [5.41, 5.74) is 8.54. The van der Waals surface area contributed by atoms with Gasteiger partial charge in [-0.2, -0.15) is 0 Å². The summed E-state index contributed by atoms with van der Waals surface area (Å²) in [7, 11) is 0. The van der Waals surface area contributed by atoms with Gasteiger partial charge in [0.05, 0.1) is 10.6 Å². The topological polar surface area (TPSA) is 77.6 Å². The van der Waals surface area contributed by atoms with Crippen LogP contribution in [0.5, 0.6) is 0 Å². The lowest BCUT2D eigenvalue weighted by molar-refractivity contribution is 1.06. The molecule has 7 heteroatoms. The van der Waals surface area contributed by atoms with E-state index in [1.165, 1.54) is 16.2 Å². The summed E-state index contributed by atoms with van der Waals surface area (Å²) < 4.78 is 0. The summed E-state index contributed by atoms with van der Waals surface area (Å²) in [6.07, 6.45) is 1.72. The fourth-order valence-corrected chi connectivity index (χ4v) is 3.57. The molecular weight excluding hydrogens is 290 g/mol. The van der Waals surface area contributed by atoms with Gasteiger partial charge in [-0.05, 0) is 20.8 Å². The molecule has 0 saturated carbocycles. The summed E-state index contributed by atoms with van der Waals surface area (Å²) in [5, 5.41) is 3.86. The SMILES string of the molecule is Cc1ncc(-c2nc(-c3nc(C)sc3C)cs2)c(N)n1. The Hall–Kier alpha value is -1.86. The van der Waals surface area contributed by atoms with E-state index < -0.39 is 0 Å². The van der Waals surface area contributed by atoms with Gasteiger partial charge < -0.3 is 5.73 Å². The molecule has 0 aliphatic rings. The molecular formula is C13H13N5S2. The van der Waals surface area contributed by atoms with E-state index in [0.29, 0.717) is 11.6 Å². The number of aromatic nitrogens is 4. The highest BCUT2D eigenvalue weighted by Gasteiger charge is 2.14. The summed E-state index contributed by atoms with van der Waals surface area (Å²) >= 11 is 3.21. The number of nitrogens with two attached hydrogens (primary N) is 1. The molecule has 20 heavy (non-hydrogen) atoms. The van der Waals surface area contributed by atoms with E-state index in [-0.39, 0.29) is 0 Å². The first-order valence-corrected chi connectivity index (χ1v) is 7.73. The number of rotatable bonds is 2. The van der Waals surface area contributed by atoms with E-state index in [1.54, 1.807) is 17.5 Å². The average Bonchev–Trinajstić information content (AvgIpc) is 2.96. The van der Waals surface area contributed by atoms with Crippen molar-refractivity contribution in [2.45, 2.75) is 20.8 Å². The fourth-order valence-electron chi connectivity index (χ4n) is 1.93. The minimum atomic E-state index is 0.463. The Labute approximate surface area is 124 Å². The van der Waals surface area contributed by atoms with E-state index >= 15 is 0 Å². The van der Waals surface area contributed by atoms with Gasteiger partial charge in [-0.1, -0.05) is 0 Å². The Morgan fingerprint density at radius 3 is 2.55 bits per heavy atom. The fraction of sp³-hybridized carbons (Fsp3) is 0.231. The lowest BCUT2D eigenvalue weighted by Crippen LogP contribution is -1.98. The predicted octanol–water partition coefficient (Wildman–Crippen LogP) is 3.23. The van der Waals surface area contributed by atoms with E-state index in [4.69, 9.17) is 5.73 Å². The standard InChI is InChI=1S/C13H13N5S2/c1-6-11(17-8(3)20-6)10-5-19-13(18-10)9-4-15-7(2)16-12(9)14/h4-5H,1-3H3,(H2,14,15,16). The third-order valence-corrected chi connectivity index (χ3v) is 4.58. The molecule has 0 aliphatic carbocycles. The van der Waals surface area contributed by atoms with E-state index in [9.17, 15) is 0 Å². The van der Waals surface area contributed by atoms with Crippen molar-refractivity contribution in [2.24, 2.45) is 0 Å². The summed E-state index contributed by atoms with van der Waals surface area (Å²) in [6, 6.07) is 0. The second-order valence-electron chi connectivity index (χ2n) is 4.39. The van der Waals surface area contributed by atoms with Crippen LogP contribution in [0.25, 0.3) is 22.0 Å². The molecule has 0 atom stereocenters. The van der Waals surface area contributed by atoms with E-state index in [1.807, 2.05) is 19.2 Å². The maximum atomic E-state index is 5.94. The van der Waals surface area contributed by atoms with Crippen molar-refractivity contribution in [1.82, 2.24) is 19.9 Å². The van der Waals surface area contributed by atoms with Crippen LogP contribution in [0.15, 0.2) is 11.6 Å². The Bertz CT molecular complexity index is 775. The molecule has 2 N–H and O–H groups in total. The number of nitrogen functional groups attached to an aromatic ring is 1. The molecule has 0 bridgehead atoms. The number of aryl methyl sites for hydroxylation is 3. The van der Waals surface area contributed by atoms with Crippen LogP contribution in [-0.4, -0.2) is 19.9 Å². The third-order valence-electron chi connectivity index (χ3n) is 2.82. The number of thiazole rings is 2. The van der Waals surface area contributed by atoms with Crippen molar-refractivity contribution in [2.75, 3.05) is 5.73 Å². The minimum absolute atomic E-state index is 0.463. The zero-order chi connectivity index (χ0) is 14.3. The van der Waals surface area contributed by atoms with Crippen molar-refractivity contribution >= 4 is 28.5 Å². The smallest absolute Gasteiger partial charge is 0.137 e. The second-order valence-corrected chi connectivity index (χ2v) is 6.66. The average molecular weight is 303 g/mol. The second kappa shape index (κ2) is 4.92. The van der Waals surface area contributed by atoms with E-state index in [0.717, 1.165) is 27.0 Å². The molecule has 0 radical (unpaired) electrons. The molecule has 102 valence electrons. The van der Waals surface area contributed by atoms with Gasteiger partial charge in [0.25, 0.3) is 0 Å². The molecule has 0 unspecified atom stereocenters. The summed E-state index contributed by atoms with van der Waals surface area (Å²) in [5.74, 6) is 1.12. The Kier molecular flexibility index (Phi) is 3.23. The minimum Gasteiger partial charge on any atom is -0.383 e. The molecule has 0 spiro atoms. The first-order valence-electron chi connectivity index (χ1n) is 6.04. The van der Waals surface area contributed by atoms with Crippen LogP contribution in [-0.2, 0) is 0 Å². The first kappa shape index (κ1) is 13.1.